The standard InChI is InChI=1S/C25H25Cl2N3O5S2/c26-20-5-7-22(8-6-20)29-37(34,35)23-11-9-21(10-12-23)28-25(31)18-13-15-30(16-14-18)36(32,33)17-19-3-1-2-4-24(19)27/h1-12,18,29H,13-17H2,(H,28,31). The van der Waals surface area contributed by atoms with Gasteiger partial charge in [-0.05, 0) is 73.0 Å². The molecule has 12 heteroatoms. The number of carbonyl (C=O) groups excluding carboxylic acids is 1. The maximum Gasteiger partial charge on any atom is 0.261 e. The van der Waals surface area contributed by atoms with Crippen molar-refractivity contribution in [1.82, 2.24) is 4.31 Å². The van der Waals surface area contributed by atoms with Gasteiger partial charge in [-0.3, -0.25) is 9.52 Å². The summed E-state index contributed by atoms with van der Waals surface area (Å²) in [5.74, 6) is -0.786. The third-order valence-corrected chi connectivity index (χ3v) is 9.89. The minimum absolute atomic E-state index is 0.0393. The van der Waals surface area contributed by atoms with E-state index in [-0.39, 0.29) is 35.6 Å². The van der Waals surface area contributed by atoms with E-state index < -0.39 is 20.0 Å². The van der Waals surface area contributed by atoms with Crippen molar-refractivity contribution in [2.75, 3.05) is 23.1 Å². The lowest BCUT2D eigenvalue weighted by Gasteiger charge is -2.30. The molecule has 0 atom stereocenters. The van der Waals surface area contributed by atoms with Crippen molar-refractivity contribution in [1.29, 1.82) is 0 Å². The van der Waals surface area contributed by atoms with Gasteiger partial charge in [-0.1, -0.05) is 41.4 Å². The summed E-state index contributed by atoms with van der Waals surface area (Å²) in [5, 5.41) is 3.69. The zero-order valence-electron chi connectivity index (χ0n) is 19.6. The maximum atomic E-state index is 12.8. The molecule has 1 heterocycles. The highest BCUT2D eigenvalue weighted by Crippen LogP contribution is 2.26. The largest absolute Gasteiger partial charge is 0.326 e. The molecule has 1 aliphatic heterocycles. The Balaban J connectivity index is 1.31. The topological polar surface area (TPSA) is 113 Å². The lowest BCUT2D eigenvalue weighted by molar-refractivity contribution is -0.120. The first-order chi connectivity index (χ1) is 17.5. The van der Waals surface area contributed by atoms with Crippen LogP contribution in [0.5, 0.6) is 0 Å². The maximum absolute atomic E-state index is 12.8. The summed E-state index contributed by atoms with van der Waals surface area (Å²) in [6.45, 7) is 0.469. The Hall–Kier alpha value is -2.63. The SMILES string of the molecule is O=C(Nc1ccc(S(=O)(=O)Nc2ccc(Cl)cc2)cc1)C1CCN(S(=O)(=O)Cc2ccccc2Cl)CC1. The molecule has 1 saturated heterocycles. The number of benzene rings is 3. The molecule has 0 aromatic heterocycles. The molecule has 0 unspecified atom stereocenters. The first-order valence-corrected chi connectivity index (χ1v) is 15.3. The van der Waals surface area contributed by atoms with Crippen molar-refractivity contribution in [2.24, 2.45) is 5.92 Å². The minimum Gasteiger partial charge on any atom is -0.326 e. The molecule has 3 aromatic carbocycles. The Bertz CT molecular complexity index is 1470. The van der Waals surface area contributed by atoms with Crippen molar-refractivity contribution >= 4 is 60.5 Å². The van der Waals surface area contributed by atoms with Crippen molar-refractivity contribution in [3.8, 4) is 0 Å². The number of rotatable bonds is 8. The Labute approximate surface area is 226 Å². The van der Waals surface area contributed by atoms with E-state index in [1.54, 1.807) is 48.5 Å². The Morgan fingerprint density at radius 2 is 1.43 bits per heavy atom. The fourth-order valence-corrected chi connectivity index (χ4v) is 7.05. The van der Waals surface area contributed by atoms with Crippen LogP contribution in [-0.4, -0.2) is 40.1 Å². The van der Waals surface area contributed by atoms with E-state index >= 15 is 0 Å². The van der Waals surface area contributed by atoms with Gasteiger partial charge in [0.15, 0.2) is 0 Å². The second kappa shape index (κ2) is 11.4. The van der Waals surface area contributed by atoms with Crippen LogP contribution in [-0.2, 0) is 30.6 Å². The van der Waals surface area contributed by atoms with Crippen LogP contribution in [0.3, 0.4) is 0 Å². The highest BCUT2D eigenvalue weighted by Gasteiger charge is 2.31. The molecule has 37 heavy (non-hydrogen) atoms. The van der Waals surface area contributed by atoms with Crippen LogP contribution in [0.4, 0.5) is 11.4 Å². The molecule has 0 radical (unpaired) electrons. The highest BCUT2D eigenvalue weighted by atomic mass is 35.5. The van der Waals surface area contributed by atoms with E-state index in [0.29, 0.717) is 39.8 Å². The van der Waals surface area contributed by atoms with Gasteiger partial charge < -0.3 is 5.32 Å². The molecular formula is C25H25Cl2N3O5S2. The number of nitrogens with zero attached hydrogens (tertiary/aromatic N) is 1. The van der Waals surface area contributed by atoms with E-state index in [4.69, 9.17) is 23.2 Å². The number of hydrogen-bond acceptors (Lipinski definition) is 5. The smallest absolute Gasteiger partial charge is 0.261 e. The average Bonchev–Trinajstić information content (AvgIpc) is 2.87. The first kappa shape index (κ1) is 27.4. The lowest BCUT2D eigenvalue weighted by atomic mass is 9.97. The third-order valence-electron chi connectivity index (χ3n) is 6.04. The second-order valence-corrected chi connectivity index (χ2v) is 13.1. The summed E-state index contributed by atoms with van der Waals surface area (Å²) >= 11 is 11.9. The Morgan fingerprint density at radius 1 is 0.838 bits per heavy atom. The van der Waals surface area contributed by atoms with Crippen LogP contribution >= 0.6 is 23.2 Å². The highest BCUT2D eigenvalue weighted by molar-refractivity contribution is 7.92. The first-order valence-electron chi connectivity index (χ1n) is 11.4. The summed E-state index contributed by atoms with van der Waals surface area (Å²) < 4.78 is 54.8. The molecule has 0 aliphatic carbocycles. The number of piperidine rings is 1. The summed E-state index contributed by atoms with van der Waals surface area (Å²) in [6, 6.07) is 18.9. The van der Waals surface area contributed by atoms with E-state index in [1.165, 1.54) is 28.6 Å². The number of carbonyl (C=O) groups is 1. The summed E-state index contributed by atoms with van der Waals surface area (Å²) in [6.07, 6.45) is 0.760. The number of hydrogen-bond donors (Lipinski definition) is 2. The van der Waals surface area contributed by atoms with E-state index in [2.05, 4.69) is 10.0 Å². The molecule has 0 saturated carbocycles. The van der Waals surface area contributed by atoms with Gasteiger partial charge in [0.05, 0.1) is 10.6 Å². The van der Waals surface area contributed by atoms with Gasteiger partial charge in [0.2, 0.25) is 15.9 Å². The molecule has 0 bridgehead atoms. The number of anilines is 2. The van der Waals surface area contributed by atoms with Crippen LogP contribution in [0.1, 0.15) is 18.4 Å². The summed E-state index contributed by atoms with van der Waals surface area (Å²) in [4.78, 5) is 12.8. The molecule has 0 spiro atoms. The quantitative estimate of drug-likeness (QED) is 0.389. The van der Waals surface area contributed by atoms with Crippen molar-refractivity contribution < 1.29 is 21.6 Å². The fraction of sp³-hybridized carbons (Fsp3) is 0.240. The normalized spacial score (nSPS) is 15.3. The molecular weight excluding hydrogens is 557 g/mol. The molecule has 2 N–H and O–H groups in total. The van der Waals surface area contributed by atoms with Crippen molar-refractivity contribution in [2.45, 2.75) is 23.5 Å². The van der Waals surface area contributed by atoms with Crippen LogP contribution < -0.4 is 10.0 Å². The molecule has 1 aliphatic rings. The van der Waals surface area contributed by atoms with E-state index in [1.807, 2.05) is 0 Å². The summed E-state index contributed by atoms with van der Waals surface area (Å²) in [7, 11) is -7.38. The van der Waals surface area contributed by atoms with Gasteiger partial charge in [-0.2, -0.15) is 0 Å². The van der Waals surface area contributed by atoms with Gasteiger partial charge >= 0.3 is 0 Å². The van der Waals surface area contributed by atoms with Crippen molar-refractivity contribution in [3.63, 3.8) is 0 Å². The van der Waals surface area contributed by atoms with Crippen molar-refractivity contribution in [3.05, 3.63) is 88.4 Å². The van der Waals surface area contributed by atoms with Crippen LogP contribution in [0.2, 0.25) is 10.0 Å². The third kappa shape index (κ3) is 7.03. The van der Waals surface area contributed by atoms with Crippen LogP contribution in [0.25, 0.3) is 0 Å². The number of nitrogens with one attached hydrogen (secondary N) is 2. The molecule has 1 fully saturated rings. The van der Waals surface area contributed by atoms with Crippen LogP contribution in [0.15, 0.2) is 77.7 Å². The molecule has 1 amide bonds. The van der Waals surface area contributed by atoms with Gasteiger partial charge in [0.1, 0.15) is 0 Å². The second-order valence-electron chi connectivity index (χ2n) is 8.65. The fourth-order valence-electron chi connectivity index (χ4n) is 3.99. The number of halogens is 2. The molecule has 196 valence electrons. The minimum atomic E-state index is -3.81. The zero-order valence-corrected chi connectivity index (χ0v) is 22.7. The predicted octanol–water partition coefficient (Wildman–Crippen LogP) is 4.97. The van der Waals surface area contributed by atoms with E-state index in [0.717, 1.165) is 0 Å². The lowest BCUT2D eigenvalue weighted by Crippen LogP contribution is -2.41. The Morgan fingerprint density at radius 3 is 2.05 bits per heavy atom. The zero-order chi connectivity index (χ0) is 26.6. The number of sulfonamides is 2. The van der Waals surface area contributed by atoms with E-state index in [9.17, 15) is 21.6 Å². The van der Waals surface area contributed by atoms with Gasteiger partial charge in [-0.15, -0.1) is 0 Å². The number of amides is 1. The van der Waals surface area contributed by atoms with Crippen LogP contribution in [0, 0.1) is 5.92 Å². The van der Waals surface area contributed by atoms with Gasteiger partial charge in [0, 0.05) is 40.4 Å². The monoisotopic (exact) mass is 581 g/mol. The molecule has 3 aromatic rings. The van der Waals surface area contributed by atoms with Gasteiger partial charge in [-0.25, -0.2) is 21.1 Å². The summed E-state index contributed by atoms with van der Waals surface area (Å²) in [5.41, 5.74) is 1.36. The van der Waals surface area contributed by atoms with Gasteiger partial charge in [0.25, 0.3) is 10.0 Å². The Kier molecular flexibility index (Phi) is 8.45. The average molecular weight is 583 g/mol. The predicted molar refractivity (Wildman–Crippen MR) is 146 cm³/mol. The molecule has 8 nitrogen and oxygen atoms in total. The molecule has 4 rings (SSSR count).